The average molecular weight is 327 g/mol. The summed E-state index contributed by atoms with van der Waals surface area (Å²) in [6.45, 7) is 0.632. The summed E-state index contributed by atoms with van der Waals surface area (Å²) >= 11 is 0. The van der Waals surface area contributed by atoms with Gasteiger partial charge in [-0.2, -0.15) is 0 Å². The largest absolute Gasteiger partial charge is 0.347 e. The van der Waals surface area contributed by atoms with Crippen LogP contribution in [-0.4, -0.2) is 19.5 Å². The number of carbonyl (C=O) groups is 1. The van der Waals surface area contributed by atoms with Crippen molar-refractivity contribution in [2.75, 3.05) is 13.6 Å². The van der Waals surface area contributed by atoms with E-state index >= 15 is 0 Å². The van der Waals surface area contributed by atoms with Crippen molar-refractivity contribution in [3.8, 4) is 0 Å². The van der Waals surface area contributed by atoms with Crippen LogP contribution in [0.4, 0.5) is 4.39 Å². The zero-order chi connectivity index (χ0) is 16.9. The molecule has 2 atom stereocenters. The van der Waals surface area contributed by atoms with Gasteiger partial charge < -0.3 is 10.2 Å². The van der Waals surface area contributed by atoms with Gasteiger partial charge in [0.1, 0.15) is 11.9 Å². The van der Waals surface area contributed by atoms with Gasteiger partial charge in [-0.15, -0.1) is 0 Å². The van der Waals surface area contributed by atoms with Crippen LogP contribution in [-0.2, 0) is 17.8 Å². The quantitative estimate of drug-likeness (QED) is 0.866. The molecule has 1 aliphatic rings. The Morgan fingerprint density at radius 3 is 2.79 bits per heavy atom. The van der Waals surface area contributed by atoms with E-state index in [9.17, 15) is 9.18 Å². The van der Waals surface area contributed by atoms with E-state index in [4.69, 9.17) is 0 Å². The number of halogens is 1. The number of rotatable bonds is 5. The van der Waals surface area contributed by atoms with E-state index in [2.05, 4.69) is 36.6 Å². The van der Waals surface area contributed by atoms with Gasteiger partial charge in [0, 0.05) is 24.1 Å². The van der Waals surface area contributed by atoms with E-state index in [1.807, 2.05) is 0 Å². The number of carbonyl (C=O) groups excluding carboxylic acids is 1. The molecule has 4 heteroatoms. The van der Waals surface area contributed by atoms with E-state index in [-0.39, 0.29) is 18.3 Å². The van der Waals surface area contributed by atoms with Gasteiger partial charge >= 0.3 is 0 Å². The number of fused-ring (bicyclic) bond motifs is 1. The molecule has 1 aliphatic carbocycles. The summed E-state index contributed by atoms with van der Waals surface area (Å²) in [5, 5.41) is 2.83. The van der Waals surface area contributed by atoms with E-state index in [0.717, 1.165) is 19.3 Å². The van der Waals surface area contributed by atoms with Crippen LogP contribution in [0.15, 0.2) is 48.5 Å². The van der Waals surface area contributed by atoms with Gasteiger partial charge in [-0.25, -0.2) is 4.39 Å². The molecule has 0 saturated heterocycles. The number of nitrogens with one attached hydrogen (secondary N) is 2. The second kappa shape index (κ2) is 7.58. The Balaban J connectivity index is 1.58. The molecule has 3 rings (SSSR count). The Morgan fingerprint density at radius 2 is 1.96 bits per heavy atom. The molecule has 0 bridgehead atoms. The van der Waals surface area contributed by atoms with Crippen LogP contribution in [0.5, 0.6) is 0 Å². The zero-order valence-electron chi connectivity index (χ0n) is 14.0. The van der Waals surface area contributed by atoms with Gasteiger partial charge in [0.25, 0.3) is 5.91 Å². The molecule has 0 spiro atoms. The second-order valence-electron chi connectivity index (χ2n) is 6.53. The number of likely N-dealkylation sites (N-methyl/N-ethyl adjacent to an activating group) is 1. The molecule has 126 valence electrons. The SMILES string of the molecule is C[NH+](CC(=O)NCc1ccccc1F)[C@@H]1CCCc2ccccc21. The monoisotopic (exact) mass is 327 g/mol. The van der Waals surface area contributed by atoms with Gasteiger partial charge in [0.15, 0.2) is 6.54 Å². The molecule has 2 aromatic rings. The lowest BCUT2D eigenvalue weighted by Crippen LogP contribution is -3.10. The highest BCUT2D eigenvalue weighted by atomic mass is 19.1. The van der Waals surface area contributed by atoms with Gasteiger partial charge in [-0.3, -0.25) is 4.79 Å². The van der Waals surface area contributed by atoms with E-state index in [1.54, 1.807) is 18.2 Å². The third kappa shape index (κ3) is 3.82. The number of aryl methyl sites for hydroxylation is 1. The number of hydrogen-bond donors (Lipinski definition) is 2. The Labute approximate surface area is 142 Å². The molecule has 3 nitrogen and oxygen atoms in total. The first-order valence-electron chi connectivity index (χ1n) is 8.55. The summed E-state index contributed by atoms with van der Waals surface area (Å²) in [6.07, 6.45) is 3.39. The maximum Gasteiger partial charge on any atom is 0.275 e. The fraction of sp³-hybridized carbons (Fsp3) is 0.350. The fourth-order valence-electron chi connectivity index (χ4n) is 3.54. The number of amides is 1. The van der Waals surface area contributed by atoms with Crippen molar-refractivity contribution < 1.29 is 14.1 Å². The van der Waals surface area contributed by atoms with Gasteiger partial charge in [0.05, 0.1) is 7.05 Å². The molecule has 0 radical (unpaired) electrons. The van der Waals surface area contributed by atoms with Crippen molar-refractivity contribution >= 4 is 5.91 Å². The minimum atomic E-state index is -0.278. The summed E-state index contributed by atoms with van der Waals surface area (Å²) in [5.74, 6) is -0.321. The molecule has 0 fully saturated rings. The van der Waals surface area contributed by atoms with Crippen LogP contribution in [0.2, 0.25) is 0 Å². The van der Waals surface area contributed by atoms with Crippen LogP contribution < -0.4 is 10.2 Å². The maximum absolute atomic E-state index is 13.6. The van der Waals surface area contributed by atoms with Crippen molar-refractivity contribution in [3.05, 3.63) is 71.0 Å². The van der Waals surface area contributed by atoms with Crippen molar-refractivity contribution in [2.45, 2.75) is 31.8 Å². The topological polar surface area (TPSA) is 33.5 Å². The Morgan fingerprint density at radius 1 is 1.21 bits per heavy atom. The molecule has 0 heterocycles. The molecular weight excluding hydrogens is 303 g/mol. The smallest absolute Gasteiger partial charge is 0.275 e. The van der Waals surface area contributed by atoms with Gasteiger partial charge in [0.2, 0.25) is 0 Å². The zero-order valence-corrected chi connectivity index (χ0v) is 14.0. The molecular formula is C20H24FN2O+. The Kier molecular flexibility index (Phi) is 5.26. The summed E-state index contributed by atoms with van der Waals surface area (Å²) in [6, 6.07) is 15.4. The highest BCUT2D eigenvalue weighted by Gasteiger charge is 2.27. The lowest BCUT2D eigenvalue weighted by Gasteiger charge is -2.30. The molecule has 1 amide bonds. The molecule has 2 N–H and O–H groups in total. The van der Waals surface area contributed by atoms with Crippen LogP contribution in [0.3, 0.4) is 0 Å². The van der Waals surface area contributed by atoms with Gasteiger partial charge in [-0.1, -0.05) is 42.5 Å². The van der Waals surface area contributed by atoms with E-state index in [1.165, 1.54) is 22.1 Å². The van der Waals surface area contributed by atoms with Crippen LogP contribution >= 0.6 is 0 Å². The lowest BCUT2D eigenvalue weighted by atomic mass is 9.87. The maximum atomic E-state index is 13.6. The Hall–Kier alpha value is -2.20. The fourth-order valence-corrected chi connectivity index (χ4v) is 3.54. The average Bonchev–Trinajstić information content (AvgIpc) is 2.60. The van der Waals surface area contributed by atoms with Crippen molar-refractivity contribution in [1.82, 2.24) is 5.32 Å². The third-order valence-electron chi connectivity index (χ3n) is 4.84. The number of quaternary nitrogens is 1. The molecule has 0 saturated carbocycles. The molecule has 0 aliphatic heterocycles. The Bertz CT molecular complexity index is 716. The number of benzene rings is 2. The first-order chi connectivity index (χ1) is 11.6. The highest BCUT2D eigenvalue weighted by Crippen LogP contribution is 2.27. The number of hydrogen-bond acceptors (Lipinski definition) is 1. The summed E-state index contributed by atoms with van der Waals surface area (Å²) in [4.78, 5) is 13.4. The minimum Gasteiger partial charge on any atom is -0.347 e. The first-order valence-corrected chi connectivity index (χ1v) is 8.55. The van der Waals surface area contributed by atoms with Crippen molar-refractivity contribution in [2.24, 2.45) is 0 Å². The molecule has 0 aromatic heterocycles. The van der Waals surface area contributed by atoms with E-state index < -0.39 is 0 Å². The third-order valence-corrected chi connectivity index (χ3v) is 4.84. The minimum absolute atomic E-state index is 0.0428. The summed E-state index contributed by atoms with van der Waals surface area (Å²) < 4.78 is 13.6. The van der Waals surface area contributed by atoms with Crippen molar-refractivity contribution in [1.29, 1.82) is 0 Å². The van der Waals surface area contributed by atoms with Crippen molar-refractivity contribution in [3.63, 3.8) is 0 Å². The highest BCUT2D eigenvalue weighted by molar-refractivity contribution is 5.76. The van der Waals surface area contributed by atoms with Gasteiger partial charge in [-0.05, 0) is 24.5 Å². The lowest BCUT2D eigenvalue weighted by molar-refractivity contribution is -0.905. The standard InChI is InChI=1S/C20H23FN2O/c1-23(19-12-6-9-15-7-2-4-10-17(15)19)14-20(24)22-13-16-8-3-5-11-18(16)21/h2-5,7-8,10-11,19H,6,9,12-14H2,1H3,(H,22,24)/p+1/t19-/m1/s1. The predicted molar refractivity (Wildman–Crippen MR) is 92.1 cm³/mol. The normalized spacial score (nSPS) is 17.8. The molecule has 24 heavy (non-hydrogen) atoms. The predicted octanol–water partition coefficient (Wildman–Crippen LogP) is 2.03. The van der Waals surface area contributed by atoms with Crippen LogP contribution in [0.25, 0.3) is 0 Å². The van der Waals surface area contributed by atoms with Crippen LogP contribution in [0, 0.1) is 5.82 Å². The van der Waals surface area contributed by atoms with E-state index in [0.29, 0.717) is 18.2 Å². The first kappa shape index (κ1) is 16.7. The van der Waals surface area contributed by atoms with Crippen LogP contribution in [0.1, 0.15) is 35.6 Å². The molecule has 2 aromatic carbocycles. The molecule has 1 unspecified atom stereocenters. The second-order valence-corrected chi connectivity index (χ2v) is 6.53. The summed E-state index contributed by atoms with van der Waals surface area (Å²) in [7, 11) is 2.06. The summed E-state index contributed by atoms with van der Waals surface area (Å²) in [5.41, 5.74) is 3.29.